The molecular formula is C7H10BrN3. The van der Waals surface area contributed by atoms with E-state index in [9.17, 15) is 0 Å². The van der Waals surface area contributed by atoms with E-state index in [1.807, 2.05) is 6.92 Å². The van der Waals surface area contributed by atoms with Gasteiger partial charge in [-0.15, -0.1) is 0 Å². The molecule has 4 heteroatoms. The summed E-state index contributed by atoms with van der Waals surface area (Å²) in [5.41, 5.74) is 7.24. The molecule has 0 aromatic carbocycles. The van der Waals surface area contributed by atoms with E-state index in [1.54, 1.807) is 12.4 Å². The number of anilines is 2. The highest BCUT2D eigenvalue weighted by atomic mass is 79.9. The molecule has 0 aliphatic carbocycles. The lowest BCUT2D eigenvalue weighted by molar-refractivity contribution is 1.19. The highest BCUT2D eigenvalue weighted by molar-refractivity contribution is 9.10. The zero-order valence-electron chi connectivity index (χ0n) is 6.26. The van der Waals surface area contributed by atoms with E-state index < -0.39 is 0 Å². The summed E-state index contributed by atoms with van der Waals surface area (Å²) in [4.78, 5) is 3.91. The molecule has 1 aromatic heterocycles. The summed E-state index contributed by atoms with van der Waals surface area (Å²) in [5, 5.41) is 3.13. The summed E-state index contributed by atoms with van der Waals surface area (Å²) in [7, 11) is 0. The Morgan fingerprint density at radius 1 is 1.64 bits per heavy atom. The minimum absolute atomic E-state index is 0.668. The van der Waals surface area contributed by atoms with Crippen LogP contribution in [0.25, 0.3) is 0 Å². The van der Waals surface area contributed by atoms with Gasteiger partial charge in [0, 0.05) is 12.7 Å². The molecule has 0 fully saturated rings. The van der Waals surface area contributed by atoms with Crippen molar-refractivity contribution in [1.29, 1.82) is 0 Å². The molecule has 1 rings (SSSR count). The number of halogens is 1. The Bertz CT molecular complexity index is 229. The fourth-order valence-electron chi connectivity index (χ4n) is 0.813. The van der Waals surface area contributed by atoms with Crippen molar-refractivity contribution in [2.24, 2.45) is 0 Å². The van der Waals surface area contributed by atoms with Crippen LogP contribution in [0.15, 0.2) is 16.9 Å². The molecule has 11 heavy (non-hydrogen) atoms. The molecule has 0 amide bonds. The smallest absolute Gasteiger partial charge is 0.0749 e. The zero-order valence-corrected chi connectivity index (χ0v) is 7.85. The van der Waals surface area contributed by atoms with E-state index in [1.165, 1.54) is 0 Å². The molecule has 3 N–H and O–H groups in total. The first-order chi connectivity index (χ1) is 5.25. The van der Waals surface area contributed by atoms with E-state index in [4.69, 9.17) is 5.73 Å². The van der Waals surface area contributed by atoms with Gasteiger partial charge >= 0.3 is 0 Å². The first-order valence-electron chi connectivity index (χ1n) is 3.38. The first kappa shape index (κ1) is 8.33. The number of hydrogen-bond donors (Lipinski definition) is 2. The van der Waals surface area contributed by atoms with E-state index in [0.29, 0.717) is 5.69 Å². The molecule has 0 aliphatic rings. The maximum absolute atomic E-state index is 5.65. The zero-order chi connectivity index (χ0) is 8.27. The van der Waals surface area contributed by atoms with Crippen LogP contribution >= 0.6 is 15.9 Å². The van der Waals surface area contributed by atoms with Crippen molar-refractivity contribution < 1.29 is 0 Å². The van der Waals surface area contributed by atoms with Gasteiger partial charge < -0.3 is 11.1 Å². The molecule has 0 aliphatic heterocycles. The van der Waals surface area contributed by atoms with Crippen LogP contribution in [-0.2, 0) is 0 Å². The third-order valence-electron chi connectivity index (χ3n) is 1.28. The van der Waals surface area contributed by atoms with Crippen molar-refractivity contribution in [3.05, 3.63) is 16.9 Å². The van der Waals surface area contributed by atoms with Gasteiger partial charge in [0.15, 0.2) is 0 Å². The van der Waals surface area contributed by atoms with Crippen LogP contribution in [0.4, 0.5) is 11.4 Å². The van der Waals surface area contributed by atoms with Crippen LogP contribution in [0.5, 0.6) is 0 Å². The number of nitrogen functional groups attached to an aromatic ring is 1. The quantitative estimate of drug-likeness (QED) is 0.793. The van der Waals surface area contributed by atoms with Crippen LogP contribution in [0.2, 0.25) is 0 Å². The van der Waals surface area contributed by atoms with Crippen LogP contribution in [0, 0.1) is 0 Å². The Hall–Kier alpha value is -0.770. The molecule has 1 heterocycles. The summed E-state index contributed by atoms with van der Waals surface area (Å²) >= 11 is 3.34. The number of pyridine rings is 1. The lowest BCUT2D eigenvalue weighted by Gasteiger charge is -2.07. The number of rotatable bonds is 2. The van der Waals surface area contributed by atoms with Crippen LogP contribution < -0.4 is 11.1 Å². The van der Waals surface area contributed by atoms with Gasteiger partial charge in [-0.05, 0) is 22.9 Å². The predicted molar refractivity (Wildman–Crippen MR) is 50.5 cm³/mol. The van der Waals surface area contributed by atoms with E-state index in [2.05, 4.69) is 26.2 Å². The first-order valence-corrected chi connectivity index (χ1v) is 4.18. The standard InChI is InChI=1S/C7H10BrN3/c1-2-11-7-5(8)3-10-4-6(7)9/h3-4H,2,9H2,1H3,(H,10,11). The molecule has 0 spiro atoms. The SMILES string of the molecule is CCNc1c(N)cncc1Br. The second-order valence-corrected chi connectivity index (χ2v) is 2.97. The third-order valence-corrected chi connectivity index (χ3v) is 1.88. The number of aromatic nitrogens is 1. The third kappa shape index (κ3) is 1.83. The normalized spacial score (nSPS) is 9.64. The fraction of sp³-hybridized carbons (Fsp3) is 0.286. The molecule has 0 saturated carbocycles. The Morgan fingerprint density at radius 3 is 2.91 bits per heavy atom. The van der Waals surface area contributed by atoms with E-state index in [0.717, 1.165) is 16.7 Å². The van der Waals surface area contributed by atoms with Crippen molar-refractivity contribution in [3.8, 4) is 0 Å². The van der Waals surface area contributed by atoms with Crippen molar-refractivity contribution in [1.82, 2.24) is 4.98 Å². The van der Waals surface area contributed by atoms with Crippen LogP contribution in [0.3, 0.4) is 0 Å². The lowest BCUT2D eigenvalue weighted by Crippen LogP contribution is -2.01. The van der Waals surface area contributed by atoms with E-state index >= 15 is 0 Å². The van der Waals surface area contributed by atoms with Gasteiger partial charge in [-0.1, -0.05) is 0 Å². The van der Waals surface area contributed by atoms with Crippen LogP contribution in [0.1, 0.15) is 6.92 Å². The summed E-state index contributed by atoms with van der Waals surface area (Å²) in [5.74, 6) is 0. The molecule has 60 valence electrons. The fourth-order valence-corrected chi connectivity index (χ4v) is 1.30. The van der Waals surface area contributed by atoms with Gasteiger partial charge in [-0.25, -0.2) is 0 Å². The lowest BCUT2D eigenvalue weighted by atomic mass is 10.3. The Kier molecular flexibility index (Phi) is 2.70. The highest BCUT2D eigenvalue weighted by Gasteiger charge is 2.01. The Morgan fingerprint density at radius 2 is 2.36 bits per heavy atom. The number of hydrogen-bond acceptors (Lipinski definition) is 3. The average molecular weight is 216 g/mol. The van der Waals surface area contributed by atoms with Crippen molar-refractivity contribution in [2.75, 3.05) is 17.6 Å². The molecule has 0 radical (unpaired) electrons. The van der Waals surface area contributed by atoms with Gasteiger partial charge in [-0.2, -0.15) is 0 Å². The number of nitrogens with one attached hydrogen (secondary N) is 1. The number of nitrogens with two attached hydrogens (primary N) is 1. The molecule has 1 aromatic rings. The highest BCUT2D eigenvalue weighted by Crippen LogP contribution is 2.26. The Labute approximate surface area is 74.1 Å². The minimum Gasteiger partial charge on any atom is -0.396 e. The van der Waals surface area contributed by atoms with Gasteiger partial charge in [0.25, 0.3) is 0 Å². The summed E-state index contributed by atoms with van der Waals surface area (Å²) in [6.45, 7) is 2.87. The second-order valence-electron chi connectivity index (χ2n) is 2.12. The minimum atomic E-state index is 0.668. The summed E-state index contributed by atoms with van der Waals surface area (Å²) in [6, 6.07) is 0. The summed E-state index contributed by atoms with van der Waals surface area (Å²) < 4.78 is 0.902. The van der Waals surface area contributed by atoms with Crippen molar-refractivity contribution in [3.63, 3.8) is 0 Å². The summed E-state index contributed by atoms with van der Waals surface area (Å²) in [6.07, 6.45) is 3.34. The second kappa shape index (κ2) is 3.57. The monoisotopic (exact) mass is 215 g/mol. The maximum Gasteiger partial charge on any atom is 0.0749 e. The van der Waals surface area contributed by atoms with Gasteiger partial charge in [0.2, 0.25) is 0 Å². The molecule has 0 saturated heterocycles. The van der Waals surface area contributed by atoms with Crippen molar-refractivity contribution >= 4 is 27.3 Å². The molecule has 0 unspecified atom stereocenters. The molecule has 0 atom stereocenters. The van der Waals surface area contributed by atoms with Gasteiger partial charge in [0.1, 0.15) is 0 Å². The maximum atomic E-state index is 5.65. The molecule has 3 nitrogen and oxygen atoms in total. The van der Waals surface area contributed by atoms with E-state index in [-0.39, 0.29) is 0 Å². The van der Waals surface area contributed by atoms with Gasteiger partial charge in [0.05, 0.1) is 22.0 Å². The van der Waals surface area contributed by atoms with Crippen LogP contribution in [-0.4, -0.2) is 11.5 Å². The Balaban J connectivity index is 3.00. The van der Waals surface area contributed by atoms with Crippen molar-refractivity contribution in [2.45, 2.75) is 6.92 Å². The predicted octanol–water partition coefficient (Wildman–Crippen LogP) is 1.86. The number of nitrogens with zero attached hydrogens (tertiary/aromatic N) is 1. The molecular weight excluding hydrogens is 206 g/mol. The molecule has 0 bridgehead atoms. The van der Waals surface area contributed by atoms with Gasteiger partial charge in [-0.3, -0.25) is 4.98 Å². The topological polar surface area (TPSA) is 50.9 Å². The largest absolute Gasteiger partial charge is 0.396 e. The average Bonchev–Trinajstić information content (AvgIpc) is 1.97.